The van der Waals surface area contributed by atoms with E-state index >= 15 is 0 Å². The quantitative estimate of drug-likeness (QED) is 0.843. The number of hydrogen-bond acceptors (Lipinski definition) is 5. The van der Waals surface area contributed by atoms with Crippen molar-refractivity contribution in [1.82, 2.24) is 14.9 Å². The van der Waals surface area contributed by atoms with Crippen molar-refractivity contribution >= 4 is 11.9 Å². The van der Waals surface area contributed by atoms with Crippen molar-refractivity contribution in [2.45, 2.75) is 44.6 Å². The van der Waals surface area contributed by atoms with Crippen LogP contribution in [0.25, 0.3) is 0 Å². The summed E-state index contributed by atoms with van der Waals surface area (Å²) in [6, 6.07) is 0. The third-order valence-corrected chi connectivity index (χ3v) is 5.60. The van der Waals surface area contributed by atoms with Crippen molar-refractivity contribution in [3.05, 3.63) is 17.0 Å². The van der Waals surface area contributed by atoms with Crippen LogP contribution in [-0.2, 0) is 21.6 Å². The highest BCUT2D eigenvalue weighted by Gasteiger charge is 2.47. The Morgan fingerprint density at radius 2 is 2.17 bits per heavy atom. The van der Waals surface area contributed by atoms with Gasteiger partial charge in [0.1, 0.15) is 0 Å². The average molecular weight is 330 g/mol. The van der Waals surface area contributed by atoms with Gasteiger partial charge in [0.05, 0.1) is 24.3 Å². The molecule has 2 fully saturated rings. The number of aromatic nitrogens is 2. The van der Waals surface area contributed by atoms with Crippen molar-refractivity contribution in [2.75, 3.05) is 38.7 Å². The van der Waals surface area contributed by atoms with Gasteiger partial charge in [0.25, 0.3) is 0 Å². The lowest BCUT2D eigenvalue weighted by Gasteiger charge is -2.35. The molecule has 1 saturated carbocycles. The first-order chi connectivity index (χ1) is 11.5. The maximum atomic E-state index is 12.5. The third kappa shape index (κ3) is 2.66. The van der Waals surface area contributed by atoms with Crippen molar-refractivity contribution < 1.29 is 9.53 Å². The molecule has 0 N–H and O–H groups in total. The Morgan fingerprint density at radius 3 is 2.88 bits per heavy atom. The largest absolute Gasteiger partial charge is 0.376 e. The number of carbonyl (C=O) groups is 1. The highest BCUT2D eigenvalue weighted by Crippen LogP contribution is 2.41. The second-order valence-electron chi connectivity index (χ2n) is 7.82. The third-order valence-electron chi connectivity index (χ3n) is 5.60. The molecule has 3 heterocycles. The number of carbonyl (C=O) groups excluding carboxylic acids is 1. The minimum atomic E-state index is -0.161. The zero-order valence-electron chi connectivity index (χ0n) is 14.8. The van der Waals surface area contributed by atoms with E-state index in [2.05, 4.69) is 4.98 Å². The second-order valence-corrected chi connectivity index (χ2v) is 7.82. The van der Waals surface area contributed by atoms with E-state index in [0.717, 1.165) is 48.8 Å². The van der Waals surface area contributed by atoms with Crippen LogP contribution in [0.1, 0.15) is 42.6 Å². The minimum Gasteiger partial charge on any atom is -0.376 e. The molecule has 130 valence electrons. The van der Waals surface area contributed by atoms with E-state index in [0.29, 0.717) is 25.0 Å². The summed E-state index contributed by atoms with van der Waals surface area (Å²) < 4.78 is 5.90. The molecule has 1 aromatic rings. The summed E-state index contributed by atoms with van der Waals surface area (Å²) in [6.07, 6.45) is 4.08. The number of amides is 1. The molecule has 2 aliphatic heterocycles. The average Bonchev–Trinajstić information content (AvgIpc) is 3.26. The zero-order valence-corrected chi connectivity index (χ0v) is 14.8. The monoisotopic (exact) mass is 330 g/mol. The predicted molar refractivity (Wildman–Crippen MR) is 91.0 cm³/mol. The van der Waals surface area contributed by atoms with Crippen LogP contribution in [0.2, 0.25) is 0 Å². The van der Waals surface area contributed by atoms with E-state index in [-0.39, 0.29) is 5.41 Å². The summed E-state index contributed by atoms with van der Waals surface area (Å²) in [5.41, 5.74) is 3.05. The topological polar surface area (TPSA) is 58.6 Å². The normalized spacial score (nSPS) is 25.9. The first-order valence-electron chi connectivity index (χ1n) is 8.89. The summed E-state index contributed by atoms with van der Waals surface area (Å²) in [7, 11) is 3.93. The van der Waals surface area contributed by atoms with Gasteiger partial charge in [0, 0.05) is 44.9 Å². The van der Waals surface area contributed by atoms with Gasteiger partial charge in [0.15, 0.2) is 0 Å². The van der Waals surface area contributed by atoms with Crippen LogP contribution in [0, 0.1) is 12.8 Å². The molecule has 1 atom stereocenters. The molecule has 0 aromatic carbocycles. The van der Waals surface area contributed by atoms with Gasteiger partial charge in [-0.05, 0) is 32.1 Å². The highest BCUT2D eigenvalue weighted by atomic mass is 16.5. The fraction of sp³-hybridized carbons (Fsp3) is 0.722. The molecular weight excluding hydrogens is 304 g/mol. The lowest BCUT2D eigenvalue weighted by Crippen LogP contribution is -2.42. The van der Waals surface area contributed by atoms with Crippen LogP contribution in [0.5, 0.6) is 0 Å². The van der Waals surface area contributed by atoms with E-state index < -0.39 is 0 Å². The molecular formula is C18H26N4O2. The Hall–Kier alpha value is -1.69. The summed E-state index contributed by atoms with van der Waals surface area (Å²) >= 11 is 0. The number of fused-ring (bicyclic) bond motifs is 2. The SMILES string of the molecule is Cc1nc(N(C)C)nc2c1COCC21CCN(C(=O)CC2CC2)C1. The molecule has 1 unspecified atom stereocenters. The maximum absolute atomic E-state index is 12.5. The van der Waals surface area contributed by atoms with Gasteiger partial charge in [-0.15, -0.1) is 0 Å². The first kappa shape index (κ1) is 15.8. The van der Waals surface area contributed by atoms with Crippen LogP contribution in [0.15, 0.2) is 0 Å². The standard InChI is InChI=1S/C18H26N4O2/c1-12-14-9-24-11-18(16(14)20-17(19-12)21(2)3)6-7-22(10-18)15(23)8-13-4-5-13/h13H,4-11H2,1-3H3. The first-order valence-corrected chi connectivity index (χ1v) is 8.89. The Morgan fingerprint density at radius 1 is 1.38 bits per heavy atom. The van der Waals surface area contributed by atoms with Crippen LogP contribution < -0.4 is 4.90 Å². The molecule has 1 aromatic heterocycles. The molecule has 0 bridgehead atoms. The Kier molecular flexibility index (Phi) is 3.75. The predicted octanol–water partition coefficient (Wildman–Crippen LogP) is 1.65. The number of ether oxygens (including phenoxy) is 1. The van der Waals surface area contributed by atoms with Crippen LogP contribution >= 0.6 is 0 Å². The molecule has 3 aliphatic rings. The van der Waals surface area contributed by atoms with Gasteiger partial charge in [-0.25, -0.2) is 9.97 Å². The number of rotatable bonds is 3. The van der Waals surface area contributed by atoms with Gasteiger partial charge >= 0.3 is 0 Å². The second kappa shape index (κ2) is 5.69. The van der Waals surface area contributed by atoms with Gasteiger partial charge in [-0.3, -0.25) is 4.79 Å². The van der Waals surface area contributed by atoms with E-state index in [4.69, 9.17) is 9.72 Å². The lowest BCUT2D eigenvalue weighted by molar-refractivity contribution is -0.130. The summed E-state index contributed by atoms with van der Waals surface area (Å²) in [5.74, 6) is 1.68. The number of anilines is 1. The molecule has 1 amide bonds. The van der Waals surface area contributed by atoms with Crippen LogP contribution in [-0.4, -0.2) is 54.6 Å². The summed E-state index contributed by atoms with van der Waals surface area (Å²) in [5, 5.41) is 0. The Bertz CT molecular complexity index is 671. The summed E-state index contributed by atoms with van der Waals surface area (Å²) in [4.78, 5) is 26.0. The van der Waals surface area contributed by atoms with Gasteiger partial charge in [-0.1, -0.05) is 0 Å². The summed E-state index contributed by atoms with van der Waals surface area (Å²) in [6.45, 7) is 4.80. The number of aryl methyl sites for hydroxylation is 1. The van der Waals surface area contributed by atoms with Crippen molar-refractivity contribution in [2.24, 2.45) is 5.92 Å². The Labute approximate surface area is 143 Å². The smallest absolute Gasteiger partial charge is 0.225 e. The highest BCUT2D eigenvalue weighted by molar-refractivity contribution is 5.77. The Balaban J connectivity index is 1.64. The van der Waals surface area contributed by atoms with Crippen molar-refractivity contribution in [1.29, 1.82) is 0 Å². The number of nitrogens with zero attached hydrogens (tertiary/aromatic N) is 4. The van der Waals surface area contributed by atoms with Crippen molar-refractivity contribution in [3.63, 3.8) is 0 Å². The molecule has 1 saturated heterocycles. The van der Waals surface area contributed by atoms with Gasteiger partial charge in [0.2, 0.25) is 11.9 Å². The van der Waals surface area contributed by atoms with E-state index in [1.165, 1.54) is 12.8 Å². The van der Waals surface area contributed by atoms with Gasteiger partial charge in [-0.2, -0.15) is 0 Å². The maximum Gasteiger partial charge on any atom is 0.225 e. The molecule has 6 heteroatoms. The molecule has 1 aliphatic carbocycles. The van der Waals surface area contributed by atoms with E-state index in [1.807, 2.05) is 30.8 Å². The molecule has 24 heavy (non-hydrogen) atoms. The van der Waals surface area contributed by atoms with E-state index in [9.17, 15) is 4.79 Å². The fourth-order valence-electron chi connectivity index (χ4n) is 3.90. The van der Waals surface area contributed by atoms with Crippen molar-refractivity contribution in [3.8, 4) is 0 Å². The van der Waals surface area contributed by atoms with Crippen LogP contribution in [0.3, 0.4) is 0 Å². The van der Waals surface area contributed by atoms with Gasteiger partial charge < -0.3 is 14.5 Å². The molecule has 1 spiro atoms. The minimum absolute atomic E-state index is 0.161. The lowest BCUT2D eigenvalue weighted by atomic mass is 9.80. The zero-order chi connectivity index (χ0) is 16.9. The fourth-order valence-corrected chi connectivity index (χ4v) is 3.90. The number of likely N-dealkylation sites (tertiary alicyclic amines) is 1. The molecule has 6 nitrogen and oxygen atoms in total. The van der Waals surface area contributed by atoms with Crippen LogP contribution in [0.4, 0.5) is 5.95 Å². The number of hydrogen-bond donors (Lipinski definition) is 0. The molecule has 4 rings (SSSR count). The molecule has 0 radical (unpaired) electrons. The van der Waals surface area contributed by atoms with E-state index in [1.54, 1.807) is 0 Å².